The van der Waals surface area contributed by atoms with Crippen molar-refractivity contribution in [3.8, 4) is 11.5 Å². The predicted molar refractivity (Wildman–Crippen MR) is 77.2 cm³/mol. The van der Waals surface area contributed by atoms with Crippen LogP contribution in [0.5, 0.6) is 11.5 Å². The maximum atomic E-state index is 13.7. The summed E-state index contributed by atoms with van der Waals surface area (Å²) in [5, 5.41) is 10.3. The van der Waals surface area contributed by atoms with Gasteiger partial charge in [0.15, 0.2) is 11.5 Å². The minimum atomic E-state index is -0.746. The van der Waals surface area contributed by atoms with Gasteiger partial charge in [-0.1, -0.05) is 18.2 Å². The van der Waals surface area contributed by atoms with Crippen molar-refractivity contribution in [1.29, 1.82) is 0 Å². The third kappa shape index (κ3) is 2.78. The second kappa shape index (κ2) is 5.61. The molecule has 1 atom stereocenters. The number of likely N-dealkylation sites (N-methyl/N-ethyl adjacent to an activating group) is 1. The van der Waals surface area contributed by atoms with Crippen LogP contribution in [0.2, 0.25) is 0 Å². The number of halogens is 1. The van der Waals surface area contributed by atoms with Crippen LogP contribution >= 0.6 is 0 Å². The number of ether oxygens (including phenoxy) is 2. The van der Waals surface area contributed by atoms with Crippen molar-refractivity contribution in [3.05, 3.63) is 53.8 Å². The highest BCUT2D eigenvalue weighted by atomic mass is 19.1. The molecule has 5 heteroatoms. The summed E-state index contributed by atoms with van der Waals surface area (Å²) < 4.78 is 24.2. The Kier molecular flexibility index (Phi) is 3.66. The molecule has 0 amide bonds. The number of aliphatic hydroxyl groups is 1. The number of fused-ring (bicyclic) bond motifs is 1. The lowest BCUT2D eigenvalue weighted by Gasteiger charge is -2.23. The Morgan fingerprint density at radius 1 is 1.19 bits per heavy atom. The van der Waals surface area contributed by atoms with E-state index in [1.165, 1.54) is 6.07 Å². The van der Waals surface area contributed by atoms with Gasteiger partial charge in [-0.25, -0.2) is 4.39 Å². The van der Waals surface area contributed by atoms with Crippen LogP contribution in [0.15, 0.2) is 42.5 Å². The number of benzene rings is 2. The van der Waals surface area contributed by atoms with E-state index in [2.05, 4.69) is 0 Å². The van der Waals surface area contributed by atoms with E-state index < -0.39 is 6.10 Å². The molecule has 0 bridgehead atoms. The molecule has 1 aliphatic heterocycles. The Morgan fingerprint density at radius 3 is 2.76 bits per heavy atom. The van der Waals surface area contributed by atoms with Crippen molar-refractivity contribution >= 4 is 5.69 Å². The summed E-state index contributed by atoms with van der Waals surface area (Å²) in [7, 11) is 1.74. The molecule has 3 rings (SSSR count). The van der Waals surface area contributed by atoms with E-state index in [-0.39, 0.29) is 19.2 Å². The summed E-state index contributed by atoms with van der Waals surface area (Å²) in [6, 6.07) is 11.8. The molecule has 1 heterocycles. The van der Waals surface area contributed by atoms with Gasteiger partial charge in [0.25, 0.3) is 0 Å². The summed E-state index contributed by atoms with van der Waals surface area (Å²) >= 11 is 0. The van der Waals surface area contributed by atoms with Gasteiger partial charge in [-0.3, -0.25) is 0 Å². The maximum Gasteiger partial charge on any atom is 0.231 e. The SMILES string of the molecule is CN(CC(O)c1ccc2c(c1)OCO2)c1ccccc1F. The van der Waals surface area contributed by atoms with Crippen LogP contribution in [0.3, 0.4) is 0 Å². The van der Waals surface area contributed by atoms with Gasteiger partial charge in [-0.15, -0.1) is 0 Å². The van der Waals surface area contributed by atoms with E-state index in [1.54, 1.807) is 48.3 Å². The Labute approximate surface area is 122 Å². The molecule has 0 aromatic heterocycles. The van der Waals surface area contributed by atoms with Crippen molar-refractivity contribution < 1.29 is 19.0 Å². The van der Waals surface area contributed by atoms with Crippen molar-refractivity contribution in [2.75, 3.05) is 25.3 Å². The zero-order valence-electron chi connectivity index (χ0n) is 11.6. The molecule has 4 nitrogen and oxygen atoms in total. The van der Waals surface area contributed by atoms with Gasteiger partial charge < -0.3 is 19.5 Å². The van der Waals surface area contributed by atoms with Gasteiger partial charge in [0.05, 0.1) is 11.8 Å². The van der Waals surface area contributed by atoms with Crippen molar-refractivity contribution in [1.82, 2.24) is 0 Å². The molecule has 1 unspecified atom stereocenters. The molecule has 0 aliphatic carbocycles. The topological polar surface area (TPSA) is 41.9 Å². The number of aliphatic hydroxyl groups excluding tert-OH is 1. The summed E-state index contributed by atoms with van der Waals surface area (Å²) in [5.74, 6) is 0.992. The lowest BCUT2D eigenvalue weighted by Crippen LogP contribution is -2.24. The largest absolute Gasteiger partial charge is 0.454 e. The lowest BCUT2D eigenvalue weighted by molar-refractivity contribution is 0.172. The van der Waals surface area contributed by atoms with E-state index in [9.17, 15) is 9.50 Å². The standard InChI is InChI=1S/C16H16FNO3/c1-18(13-5-3-2-4-12(13)17)9-14(19)11-6-7-15-16(8-11)21-10-20-15/h2-8,14,19H,9-10H2,1H3. The average Bonchev–Trinajstić information content (AvgIpc) is 2.94. The predicted octanol–water partition coefficient (Wildman–Crippen LogP) is 2.72. The fourth-order valence-electron chi connectivity index (χ4n) is 2.34. The van der Waals surface area contributed by atoms with Crippen LogP contribution in [0.4, 0.5) is 10.1 Å². The molecular weight excluding hydrogens is 273 g/mol. The minimum Gasteiger partial charge on any atom is -0.454 e. The molecule has 21 heavy (non-hydrogen) atoms. The molecule has 0 saturated heterocycles. The first-order valence-corrected chi connectivity index (χ1v) is 6.68. The van der Waals surface area contributed by atoms with Crippen LogP contribution in [-0.4, -0.2) is 25.5 Å². The van der Waals surface area contributed by atoms with E-state index in [4.69, 9.17) is 9.47 Å². The fraction of sp³-hybridized carbons (Fsp3) is 0.250. The summed E-state index contributed by atoms with van der Waals surface area (Å²) in [6.45, 7) is 0.477. The molecule has 0 radical (unpaired) electrons. The van der Waals surface area contributed by atoms with Gasteiger partial charge >= 0.3 is 0 Å². The normalized spacial score (nSPS) is 14.0. The second-order valence-electron chi connectivity index (χ2n) is 4.96. The van der Waals surface area contributed by atoms with Crippen LogP contribution in [0, 0.1) is 5.82 Å². The molecule has 0 spiro atoms. The number of rotatable bonds is 4. The smallest absolute Gasteiger partial charge is 0.231 e. The number of anilines is 1. The van der Waals surface area contributed by atoms with Crippen LogP contribution in [-0.2, 0) is 0 Å². The summed E-state index contributed by atoms with van der Waals surface area (Å²) in [5.41, 5.74) is 1.17. The molecule has 1 aliphatic rings. The molecule has 110 valence electrons. The number of hydrogen-bond acceptors (Lipinski definition) is 4. The van der Waals surface area contributed by atoms with Gasteiger partial charge in [-0.2, -0.15) is 0 Å². The first-order valence-electron chi connectivity index (χ1n) is 6.68. The highest BCUT2D eigenvalue weighted by Crippen LogP contribution is 2.34. The van der Waals surface area contributed by atoms with E-state index >= 15 is 0 Å². The third-order valence-corrected chi connectivity index (χ3v) is 3.49. The maximum absolute atomic E-state index is 13.7. The van der Waals surface area contributed by atoms with Crippen LogP contribution in [0.1, 0.15) is 11.7 Å². The first kappa shape index (κ1) is 13.7. The number of hydrogen-bond donors (Lipinski definition) is 1. The van der Waals surface area contributed by atoms with Crippen LogP contribution in [0.25, 0.3) is 0 Å². The van der Waals surface area contributed by atoms with Crippen molar-refractivity contribution in [2.45, 2.75) is 6.10 Å². The van der Waals surface area contributed by atoms with Crippen molar-refractivity contribution in [2.24, 2.45) is 0 Å². The molecule has 0 saturated carbocycles. The Balaban J connectivity index is 1.74. The monoisotopic (exact) mass is 289 g/mol. The van der Waals surface area contributed by atoms with Crippen molar-refractivity contribution in [3.63, 3.8) is 0 Å². The Hall–Kier alpha value is -2.27. The molecule has 0 fully saturated rings. The fourth-order valence-corrected chi connectivity index (χ4v) is 2.34. The van der Waals surface area contributed by atoms with Gasteiger partial charge in [0.1, 0.15) is 5.82 Å². The lowest BCUT2D eigenvalue weighted by atomic mass is 10.1. The van der Waals surface area contributed by atoms with Gasteiger partial charge in [0.2, 0.25) is 6.79 Å². The molecule has 2 aromatic carbocycles. The number of para-hydroxylation sites is 1. The highest BCUT2D eigenvalue weighted by Gasteiger charge is 2.18. The second-order valence-corrected chi connectivity index (χ2v) is 4.96. The van der Waals surface area contributed by atoms with Gasteiger partial charge in [0, 0.05) is 13.6 Å². The molecule has 2 aromatic rings. The quantitative estimate of drug-likeness (QED) is 0.939. The minimum absolute atomic E-state index is 0.198. The zero-order valence-corrected chi connectivity index (χ0v) is 11.6. The Morgan fingerprint density at radius 2 is 1.95 bits per heavy atom. The first-order chi connectivity index (χ1) is 10.1. The van der Waals surface area contributed by atoms with E-state index in [0.717, 1.165) is 0 Å². The van der Waals surface area contributed by atoms with Gasteiger partial charge in [-0.05, 0) is 29.8 Å². The average molecular weight is 289 g/mol. The molecular formula is C16H16FNO3. The Bertz CT molecular complexity index is 647. The van der Waals surface area contributed by atoms with Crippen LogP contribution < -0.4 is 14.4 Å². The summed E-state index contributed by atoms with van der Waals surface area (Å²) in [4.78, 5) is 1.69. The van der Waals surface area contributed by atoms with E-state index in [0.29, 0.717) is 22.7 Å². The highest BCUT2D eigenvalue weighted by molar-refractivity contribution is 5.48. The molecule has 1 N–H and O–H groups in total. The zero-order chi connectivity index (χ0) is 14.8. The number of nitrogens with zero attached hydrogens (tertiary/aromatic N) is 1. The summed E-state index contributed by atoms with van der Waals surface area (Å²) in [6.07, 6.45) is -0.746. The van der Waals surface area contributed by atoms with E-state index in [1.807, 2.05) is 0 Å². The third-order valence-electron chi connectivity index (χ3n) is 3.49.